The Morgan fingerprint density at radius 2 is 1.00 bits per heavy atom. The van der Waals surface area contributed by atoms with Crippen molar-refractivity contribution in [2.45, 2.75) is 38.8 Å². The van der Waals surface area contributed by atoms with Gasteiger partial charge in [0.1, 0.15) is 0 Å². The van der Waals surface area contributed by atoms with Crippen LogP contribution in [0, 0.1) is 0 Å². The van der Waals surface area contributed by atoms with Crippen molar-refractivity contribution >= 4 is 0 Å². The van der Waals surface area contributed by atoms with Crippen LogP contribution in [-0.4, -0.2) is 60.1 Å². The van der Waals surface area contributed by atoms with Gasteiger partial charge in [-0.25, -0.2) is 0 Å². The Bertz CT molecular complexity index is 193. The predicted molar refractivity (Wildman–Crippen MR) is 69.4 cm³/mol. The molecule has 0 unspecified atom stereocenters. The van der Waals surface area contributed by atoms with Gasteiger partial charge in [0.15, 0.2) is 0 Å². The Hall–Kier alpha value is -0.160. The normalized spacial score (nSPS) is 21.4. The summed E-state index contributed by atoms with van der Waals surface area (Å²) in [5.41, 5.74) is 11.9. The second-order valence-electron chi connectivity index (χ2n) is 6.01. The molecule has 0 aromatic carbocycles. The third-order valence-electron chi connectivity index (χ3n) is 3.99. The standard InChI is InChI=1S/C12H28N4/c1-11(2,9-13)15-5-7-16(8-6-15)12(3,4)10-14/h5-10,13-14H2,1-4H3. The highest BCUT2D eigenvalue weighted by Crippen LogP contribution is 2.20. The summed E-state index contributed by atoms with van der Waals surface area (Å²) in [5.74, 6) is 0. The minimum atomic E-state index is 0.124. The largest absolute Gasteiger partial charge is 0.329 e. The van der Waals surface area contributed by atoms with Gasteiger partial charge in [-0.3, -0.25) is 9.80 Å². The minimum absolute atomic E-state index is 0.124. The maximum Gasteiger partial charge on any atom is 0.0276 e. The SMILES string of the molecule is CC(C)(CN)N1CCN(C(C)(C)CN)CC1. The highest BCUT2D eigenvalue weighted by atomic mass is 15.3. The molecule has 0 aromatic rings. The quantitative estimate of drug-likeness (QED) is 0.715. The van der Waals surface area contributed by atoms with Crippen molar-refractivity contribution in [2.24, 2.45) is 11.5 Å². The molecule has 1 heterocycles. The van der Waals surface area contributed by atoms with Crippen LogP contribution < -0.4 is 11.5 Å². The minimum Gasteiger partial charge on any atom is -0.329 e. The van der Waals surface area contributed by atoms with E-state index in [9.17, 15) is 0 Å². The lowest BCUT2D eigenvalue weighted by atomic mass is 9.98. The van der Waals surface area contributed by atoms with Crippen molar-refractivity contribution in [1.82, 2.24) is 9.80 Å². The zero-order valence-corrected chi connectivity index (χ0v) is 11.3. The Morgan fingerprint density at radius 3 is 1.19 bits per heavy atom. The van der Waals surface area contributed by atoms with Crippen molar-refractivity contribution in [1.29, 1.82) is 0 Å². The van der Waals surface area contributed by atoms with Gasteiger partial charge >= 0.3 is 0 Å². The second kappa shape index (κ2) is 5.00. The molecule has 4 N–H and O–H groups in total. The zero-order valence-electron chi connectivity index (χ0n) is 11.3. The zero-order chi connectivity index (χ0) is 12.4. The number of nitrogens with zero attached hydrogens (tertiary/aromatic N) is 2. The van der Waals surface area contributed by atoms with E-state index in [0.29, 0.717) is 13.1 Å². The lowest BCUT2D eigenvalue weighted by molar-refractivity contribution is 0.0145. The Morgan fingerprint density at radius 1 is 0.750 bits per heavy atom. The summed E-state index contributed by atoms with van der Waals surface area (Å²) in [7, 11) is 0. The lowest BCUT2D eigenvalue weighted by Gasteiger charge is -2.48. The van der Waals surface area contributed by atoms with Crippen LogP contribution in [0.25, 0.3) is 0 Å². The fraction of sp³-hybridized carbons (Fsp3) is 1.00. The summed E-state index contributed by atoms with van der Waals surface area (Å²) in [6.07, 6.45) is 0. The molecule has 1 rings (SSSR count). The first-order chi connectivity index (χ1) is 7.33. The van der Waals surface area contributed by atoms with Gasteiger partial charge in [0.05, 0.1) is 0 Å². The van der Waals surface area contributed by atoms with Gasteiger partial charge < -0.3 is 11.5 Å². The maximum absolute atomic E-state index is 5.81. The van der Waals surface area contributed by atoms with Crippen LogP contribution >= 0.6 is 0 Å². The molecule has 16 heavy (non-hydrogen) atoms. The molecule has 4 heteroatoms. The van der Waals surface area contributed by atoms with E-state index >= 15 is 0 Å². The van der Waals surface area contributed by atoms with Crippen LogP contribution in [0.1, 0.15) is 27.7 Å². The molecule has 0 aromatic heterocycles. The Balaban J connectivity index is 2.52. The Kier molecular flexibility index (Phi) is 4.35. The highest BCUT2D eigenvalue weighted by Gasteiger charge is 2.33. The number of hydrogen-bond acceptors (Lipinski definition) is 4. The summed E-state index contributed by atoms with van der Waals surface area (Å²) in [6.45, 7) is 14.7. The van der Waals surface area contributed by atoms with Crippen LogP contribution in [0.5, 0.6) is 0 Å². The van der Waals surface area contributed by atoms with E-state index in [1.807, 2.05) is 0 Å². The van der Waals surface area contributed by atoms with Crippen molar-refractivity contribution in [3.8, 4) is 0 Å². The number of rotatable bonds is 4. The van der Waals surface area contributed by atoms with Gasteiger partial charge in [-0.2, -0.15) is 0 Å². The molecule has 0 radical (unpaired) electrons. The molecule has 0 aliphatic carbocycles. The number of piperazine rings is 1. The van der Waals surface area contributed by atoms with Gasteiger partial charge in [0, 0.05) is 50.3 Å². The molecule has 4 nitrogen and oxygen atoms in total. The summed E-state index contributed by atoms with van der Waals surface area (Å²) in [4.78, 5) is 4.96. The first kappa shape index (κ1) is 13.9. The van der Waals surface area contributed by atoms with E-state index < -0.39 is 0 Å². The van der Waals surface area contributed by atoms with Crippen LogP contribution in [0.15, 0.2) is 0 Å². The van der Waals surface area contributed by atoms with Crippen LogP contribution in [0.2, 0.25) is 0 Å². The molecule has 1 fully saturated rings. The molecule has 1 aliphatic heterocycles. The molecular weight excluding hydrogens is 200 g/mol. The van der Waals surface area contributed by atoms with Gasteiger partial charge in [0.2, 0.25) is 0 Å². The topological polar surface area (TPSA) is 58.5 Å². The molecule has 0 bridgehead atoms. The molecular formula is C12H28N4. The lowest BCUT2D eigenvalue weighted by Crippen LogP contribution is -2.62. The van der Waals surface area contributed by atoms with Crippen molar-refractivity contribution in [3.05, 3.63) is 0 Å². The van der Waals surface area contributed by atoms with Crippen LogP contribution in [0.4, 0.5) is 0 Å². The molecule has 0 saturated carbocycles. The van der Waals surface area contributed by atoms with Crippen molar-refractivity contribution < 1.29 is 0 Å². The number of nitrogens with two attached hydrogens (primary N) is 2. The first-order valence-corrected chi connectivity index (χ1v) is 6.24. The molecule has 1 aliphatic rings. The molecule has 96 valence electrons. The fourth-order valence-corrected chi connectivity index (χ4v) is 2.18. The molecule has 1 saturated heterocycles. The molecule has 0 amide bonds. The smallest absolute Gasteiger partial charge is 0.0276 e. The summed E-state index contributed by atoms with van der Waals surface area (Å²) >= 11 is 0. The van der Waals surface area contributed by atoms with Gasteiger partial charge in [-0.1, -0.05) is 0 Å². The monoisotopic (exact) mass is 228 g/mol. The number of hydrogen-bond donors (Lipinski definition) is 2. The van der Waals surface area contributed by atoms with Crippen molar-refractivity contribution in [3.63, 3.8) is 0 Å². The third-order valence-corrected chi connectivity index (χ3v) is 3.99. The highest BCUT2D eigenvalue weighted by molar-refractivity contribution is 4.91. The van der Waals surface area contributed by atoms with E-state index in [1.54, 1.807) is 0 Å². The average molecular weight is 228 g/mol. The summed E-state index contributed by atoms with van der Waals surface area (Å²) in [6, 6.07) is 0. The van der Waals surface area contributed by atoms with E-state index in [4.69, 9.17) is 11.5 Å². The fourth-order valence-electron chi connectivity index (χ4n) is 2.18. The molecule has 0 atom stereocenters. The summed E-state index contributed by atoms with van der Waals surface area (Å²) < 4.78 is 0. The van der Waals surface area contributed by atoms with E-state index in [1.165, 1.54) is 0 Å². The second-order valence-corrected chi connectivity index (χ2v) is 6.01. The van der Waals surface area contributed by atoms with Crippen molar-refractivity contribution in [2.75, 3.05) is 39.3 Å². The maximum atomic E-state index is 5.81. The van der Waals surface area contributed by atoms with Gasteiger partial charge in [0.25, 0.3) is 0 Å². The van der Waals surface area contributed by atoms with E-state index in [2.05, 4.69) is 37.5 Å². The van der Waals surface area contributed by atoms with Gasteiger partial charge in [-0.05, 0) is 27.7 Å². The van der Waals surface area contributed by atoms with Crippen LogP contribution in [0.3, 0.4) is 0 Å². The first-order valence-electron chi connectivity index (χ1n) is 6.24. The average Bonchev–Trinajstić information content (AvgIpc) is 2.29. The van der Waals surface area contributed by atoms with Gasteiger partial charge in [-0.15, -0.1) is 0 Å². The van der Waals surface area contributed by atoms with E-state index in [-0.39, 0.29) is 11.1 Å². The van der Waals surface area contributed by atoms with Crippen LogP contribution in [-0.2, 0) is 0 Å². The third kappa shape index (κ3) is 2.94. The predicted octanol–water partition coefficient (Wildman–Crippen LogP) is 0.0786. The Labute approximate surface area is 99.9 Å². The summed E-state index contributed by atoms with van der Waals surface area (Å²) in [5, 5.41) is 0. The van der Waals surface area contributed by atoms with E-state index in [0.717, 1.165) is 26.2 Å². The molecule has 0 spiro atoms.